The molecule has 0 saturated carbocycles. The van der Waals surface area contributed by atoms with E-state index in [0.29, 0.717) is 5.75 Å². The zero-order valence-electron chi connectivity index (χ0n) is 21.3. The normalized spacial score (nSPS) is 18.0. The van der Waals surface area contributed by atoms with E-state index in [1.165, 1.54) is 0 Å². The summed E-state index contributed by atoms with van der Waals surface area (Å²) in [6, 6.07) is 18.5. The molecule has 0 N–H and O–H groups in total. The van der Waals surface area contributed by atoms with Crippen LogP contribution >= 0.6 is 0 Å². The molecule has 0 spiro atoms. The Hall–Kier alpha value is -2.81. The van der Waals surface area contributed by atoms with E-state index in [-0.39, 0.29) is 22.8 Å². The standard InChI is InChI=1S/C30H39NO2/c1-28(2,3)22-30(7,29(4,5)6)27(32)33-26-20-18-25(19-21-26)31(23-14-10-8-11-15-23)24-16-12-9-13-17-24/h8-16,18-21,24H,17,22H2,1-7H3. The largest absolute Gasteiger partial charge is 0.426 e. The maximum Gasteiger partial charge on any atom is 0.317 e. The van der Waals surface area contributed by atoms with Gasteiger partial charge in [-0.1, -0.05) is 84.0 Å². The van der Waals surface area contributed by atoms with E-state index < -0.39 is 5.41 Å². The molecular formula is C30H39NO2. The van der Waals surface area contributed by atoms with Gasteiger partial charge in [0.25, 0.3) is 0 Å². The Kier molecular flexibility index (Phi) is 7.21. The monoisotopic (exact) mass is 445 g/mol. The molecule has 2 unspecified atom stereocenters. The minimum Gasteiger partial charge on any atom is -0.426 e. The number of benzene rings is 2. The van der Waals surface area contributed by atoms with E-state index in [1.807, 2.05) is 37.3 Å². The molecule has 2 aromatic rings. The fourth-order valence-corrected chi connectivity index (χ4v) is 4.48. The highest BCUT2D eigenvalue weighted by atomic mass is 16.5. The molecule has 3 rings (SSSR count). The van der Waals surface area contributed by atoms with E-state index in [0.717, 1.165) is 24.2 Å². The van der Waals surface area contributed by atoms with Crippen LogP contribution in [0.5, 0.6) is 5.75 Å². The van der Waals surface area contributed by atoms with E-state index in [2.05, 4.69) is 95.0 Å². The van der Waals surface area contributed by atoms with Crippen molar-refractivity contribution in [3.05, 3.63) is 78.9 Å². The summed E-state index contributed by atoms with van der Waals surface area (Å²) in [5, 5.41) is 0. The van der Waals surface area contributed by atoms with Crippen molar-refractivity contribution >= 4 is 17.3 Å². The van der Waals surface area contributed by atoms with E-state index in [1.54, 1.807) is 0 Å². The maximum atomic E-state index is 13.4. The summed E-state index contributed by atoms with van der Waals surface area (Å²) in [6.45, 7) is 14.9. The molecule has 0 aromatic heterocycles. The number of hydrogen-bond donors (Lipinski definition) is 0. The van der Waals surface area contributed by atoms with Crippen molar-refractivity contribution in [2.75, 3.05) is 4.90 Å². The third-order valence-corrected chi connectivity index (χ3v) is 6.64. The first-order valence-electron chi connectivity index (χ1n) is 11.9. The summed E-state index contributed by atoms with van der Waals surface area (Å²) in [7, 11) is 0. The summed E-state index contributed by atoms with van der Waals surface area (Å²) in [4.78, 5) is 15.7. The van der Waals surface area contributed by atoms with Gasteiger partial charge in [-0.05, 0) is 67.0 Å². The first-order valence-corrected chi connectivity index (χ1v) is 11.9. The molecule has 3 heteroatoms. The molecule has 1 aliphatic carbocycles. The van der Waals surface area contributed by atoms with Crippen molar-refractivity contribution in [3.63, 3.8) is 0 Å². The molecule has 1 aliphatic rings. The number of nitrogens with zero attached hydrogens (tertiary/aromatic N) is 1. The molecule has 2 aromatic carbocycles. The number of anilines is 2. The fourth-order valence-electron chi connectivity index (χ4n) is 4.48. The highest BCUT2D eigenvalue weighted by Crippen LogP contribution is 2.47. The average Bonchev–Trinajstić information content (AvgIpc) is 2.75. The second kappa shape index (κ2) is 9.59. The van der Waals surface area contributed by atoms with Gasteiger partial charge >= 0.3 is 5.97 Å². The Morgan fingerprint density at radius 3 is 2.00 bits per heavy atom. The lowest BCUT2D eigenvalue weighted by Crippen LogP contribution is -2.45. The van der Waals surface area contributed by atoms with E-state index in [4.69, 9.17) is 4.74 Å². The zero-order chi connectivity index (χ0) is 24.3. The predicted octanol–water partition coefficient (Wildman–Crippen LogP) is 8.10. The van der Waals surface area contributed by atoms with Gasteiger partial charge in [-0.25, -0.2) is 0 Å². The van der Waals surface area contributed by atoms with Crippen LogP contribution in [0.4, 0.5) is 11.4 Å². The number of hydrogen-bond acceptors (Lipinski definition) is 3. The molecule has 0 amide bonds. The number of rotatable bonds is 6. The van der Waals surface area contributed by atoms with Crippen LogP contribution < -0.4 is 9.64 Å². The molecule has 3 nitrogen and oxygen atoms in total. The summed E-state index contributed by atoms with van der Waals surface area (Å²) >= 11 is 0. The number of ether oxygens (including phenoxy) is 1. The fraction of sp³-hybridized carbons (Fsp3) is 0.433. The smallest absolute Gasteiger partial charge is 0.317 e. The first kappa shape index (κ1) is 24.8. The molecule has 0 bridgehead atoms. The minimum absolute atomic E-state index is 0.0169. The Labute approximate surface area is 200 Å². The van der Waals surface area contributed by atoms with Gasteiger partial charge in [0.05, 0.1) is 11.5 Å². The third-order valence-electron chi connectivity index (χ3n) is 6.64. The maximum absolute atomic E-state index is 13.4. The van der Waals surface area contributed by atoms with Crippen LogP contribution in [-0.4, -0.2) is 12.0 Å². The van der Waals surface area contributed by atoms with Crippen molar-refractivity contribution in [3.8, 4) is 5.75 Å². The molecular weight excluding hydrogens is 406 g/mol. The van der Waals surface area contributed by atoms with Crippen molar-refractivity contribution in [2.24, 2.45) is 16.2 Å². The molecule has 2 atom stereocenters. The number of allylic oxidation sites excluding steroid dienone is 2. The molecule has 33 heavy (non-hydrogen) atoms. The predicted molar refractivity (Wildman–Crippen MR) is 139 cm³/mol. The van der Waals surface area contributed by atoms with Crippen molar-refractivity contribution < 1.29 is 9.53 Å². The quantitative estimate of drug-likeness (QED) is 0.332. The molecule has 0 heterocycles. The molecule has 0 fully saturated rings. The molecule has 0 saturated heterocycles. The van der Waals surface area contributed by atoms with Gasteiger partial charge in [0.1, 0.15) is 5.75 Å². The topological polar surface area (TPSA) is 29.5 Å². The van der Waals surface area contributed by atoms with Gasteiger partial charge in [0.15, 0.2) is 0 Å². The van der Waals surface area contributed by atoms with Crippen LogP contribution in [0.2, 0.25) is 0 Å². The van der Waals surface area contributed by atoms with Crippen molar-refractivity contribution in [2.45, 2.75) is 67.3 Å². The highest BCUT2D eigenvalue weighted by molar-refractivity contribution is 5.80. The van der Waals surface area contributed by atoms with Crippen LogP contribution in [0.1, 0.15) is 61.3 Å². The summed E-state index contributed by atoms with van der Waals surface area (Å²) in [5.74, 6) is 0.415. The van der Waals surface area contributed by atoms with Crippen molar-refractivity contribution in [1.29, 1.82) is 0 Å². The lowest BCUT2D eigenvalue weighted by atomic mass is 9.61. The van der Waals surface area contributed by atoms with Gasteiger partial charge < -0.3 is 9.64 Å². The third kappa shape index (κ3) is 5.96. The first-order chi connectivity index (χ1) is 15.4. The number of esters is 1. The Morgan fingerprint density at radius 2 is 1.48 bits per heavy atom. The molecule has 176 valence electrons. The Balaban J connectivity index is 1.85. The zero-order valence-corrected chi connectivity index (χ0v) is 21.3. The summed E-state index contributed by atoms with van der Waals surface area (Å²) in [5.41, 5.74) is 1.40. The van der Waals surface area contributed by atoms with Crippen LogP contribution in [-0.2, 0) is 4.79 Å². The Bertz CT molecular complexity index is 990. The second-order valence-electron chi connectivity index (χ2n) is 11.5. The molecule has 0 radical (unpaired) electrons. The van der Waals surface area contributed by atoms with Crippen LogP contribution in [0.25, 0.3) is 0 Å². The summed E-state index contributed by atoms with van der Waals surface area (Å²) < 4.78 is 5.96. The van der Waals surface area contributed by atoms with E-state index in [9.17, 15) is 4.79 Å². The number of carbonyl (C=O) groups is 1. The number of para-hydroxylation sites is 1. The van der Waals surface area contributed by atoms with Crippen LogP contribution in [0.15, 0.2) is 78.9 Å². The average molecular weight is 446 g/mol. The van der Waals surface area contributed by atoms with Crippen LogP contribution in [0.3, 0.4) is 0 Å². The van der Waals surface area contributed by atoms with Gasteiger partial charge in [-0.3, -0.25) is 4.79 Å². The lowest BCUT2D eigenvalue weighted by Gasteiger charge is -2.43. The van der Waals surface area contributed by atoms with E-state index >= 15 is 0 Å². The SMILES string of the molecule is CC(C)(C)CC(C)(C(=O)Oc1ccc(N(c2ccccc2)C2C=CC=CC2)cc1)C(C)(C)C. The van der Waals surface area contributed by atoms with Gasteiger partial charge in [0.2, 0.25) is 0 Å². The minimum atomic E-state index is -0.598. The van der Waals surface area contributed by atoms with Crippen LogP contribution in [0, 0.1) is 16.2 Å². The Morgan fingerprint density at radius 1 is 0.879 bits per heavy atom. The van der Waals surface area contributed by atoms with Gasteiger partial charge in [0, 0.05) is 11.4 Å². The number of carbonyl (C=O) groups excluding carboxylic acids is 1. The highest BCUT2D eigenvalue weighted by Gasteiger charge is 2.48. The molecule has 0 aliphatic heterocycles. The van der Waals surface area contributed by atoms with Gasteiger partial charge in [-0.15, -0.1) is 0 Å². The van der Waals surface area contributed by atoms with Crippen molar-refractivity contribution in [1.82, 2.24) is 0 Å². The lowest BCUT2D eigenvalue weighted by molar-refractivity contribution is -0.154. The summed E-state index contributed by atoms with van der Waals surface area (Å²) in [6.07, 6.45) is 10.3. The van der Waals surface area contributed by atoms with Gasteiger partial charge in [-0.2, -0.15) is 0 Å². The second-order valence-corrected chi connectivity index (χ2v) is 11.5.